The van der Waals surface area contributed by atoms with Crippen molar-refractivity contribution in [2.45, 2.75) is 445 Å². The first-order valence-electron chi connectivity index (χ1n) is 42.0. The second-order valence-electron chi connectivity index (χ2n) is 30.1. The van der Waals surface area contributed by atoms with Gasteiger partial charge in [0, 0.05) is 25.7 Å². The van der Waals surface area contributed by atoms with E-state index in [0.29, 0.717) is 25.7 Å². The molecule has 0 saturated heterocycles. The van der Waals surface area contributed by atoms with E-state index in [1.807, 2.05) is 0 Å². The molecule has 3 N–H and O–H groups in total. The molecule has 0 bridgehead atoms. The van der Waals surface area contributed by atoms with Crippen molar-refractivity contribution in [2.24, 2.45) is 11.8 Å². The number of phosphoric ester groups is 2. The largest absolute Gasteiger partial charge is 0.472 e. The fraction of sp³-hybridized carbons (Fsp3) is 0.951. The van der Waals surface area contributed by atoms with Crippen LogP contribution in [0.5, 0.6) is 0 Å². The Morgan fingerprint density at radius 2 is 0.460 bits per heavy atom. The van der Waals surface area contributed by atoms with Gasteiger partial charge in [0.25, 0.3) is 0 Å². The van der Waals surface area contributed by atoms with Crippen molar-refractivity contribution in [1.82, 2.24) is 0 Å². The summed E-state index contributed by atoms with van der Waals surface area (Å²) >= 11 is 0. The lowest BCUT2D eigenvalue weighted by molar-refractivity contribution is -0.161. The Morgan fingerprint density at radius 3 is 0.680 bits per heavy atom. The van der Waals surface area contributed by atoms with Gasteiger partial charge in [-0.3, -0.25) is 37.3 Å². The quantitative estimate of drug-likeness (QED) is 0.0222. The van der Waals surface area contributed by atoms with Crippen LogP contribution in [0.1, 0.15) is 427 Å². The van der Waals surface area contributed by atoms with Gasteiger partial charge in [0.05, 0.1) is 26.4 Å². The van der Waals surface area contributed by atoms with Gasteiger partial charge in [0.1, 0.15) is 19.3 Å². The first-order chi connectivity index (χ1) is 48.4. The zero-order valence-electron chi connectivity index (χ0n) is 65.5. The number of rotatable bonds is 80. The van der Waals surface area contributed by atoms with Crippen LogP contribution >= 0.6 is 15.6 Å². The van der Waals surface area contributed by atoms with Crippen LogP contribution in [0.2, 0.25) is 0 Å². The summed E-state index contributed by atoms with van der Waals surface area (Å²) in [5.74, 6) is -0.534. The standard InChI is InChI=1S/C81H158O17P2/c1-7-9-11-13-15-17-19-21-29-33-40-46-52-58-64-79(84)92-69-76(97-80(85)65-59-53-47-41-34-30-27-25-23-22-24-26-28-31-37-43-49-55-61-73(3)4)71-95-99(87,88)93-67-75(82)68-94-100(89,90)96-72-77(70-91-78(83)63-57-51-45-39-32-20-18-16-14-12-10-8-2)98-81(86)66-60-54-48-42-36-35-38-44-50-56-62-74(5)6/h73-77,82H,7-72H2,1-6H3,(H,87,88)(H,89,90)/t75-,76-,77-/m1/s1. The number of aliphatic hydroxyl groups is 1. The molecule has 0 aromatic heterocycles. The van der Waals surface area contributed by atoms with Crippen LogP contribution in [0, 0.1) is 11.8 Å². The molecule has 100 heavy (non-hydrogen) atoms. The number of ether oxygens (including phenoxy) is 4. The van der Waals surface area contributed by atoms with Crippen LogP contribution in [0.3, 0.4) is 0 Å². The Balaban J connectivity index is 5.23. The molecule has 594 valence electrons. The molecule has 0 rings (SSSR count). The van der Waals surface area contributed by atoms with Gasteiger partial charge < -0.3 is 33.8 Å². The summed E-state index contributed by atoms with van der Waals surface area (Å²) in [5.41, 5.74) is 0. The molecule has 0 aromatic rings. The van der Waals surface area contributed by atoms with Crippen molar-refractivity contribution in [3.63, 3.8) is 0 Å². The number of esters is 4. The lowest BCUT2D eigenvalue weighted by Crippen LogP contribution is -2.30. The number of unbranched alkanes of at least 4 members (excludes halogenated alkanes) is 50. The molecule has 0 fully saturated rings. The summed E-state index contributed by atoms with van der Waals surface area (Å²) in [7, 11) is -9.92. The third-order valence-corrected chi connectivity index (χ3v) is 20.9. The number of aliphatic hydroxyl groups excluding tert-OH is 1. The van der Waals surface area contributed by atoms with Gasteiger partial charge >= 0.3 is 39.5 Å². The average molecular weight is 1470 g/mol. The Morgan fingerprint density at radius 1 is 0.270 bits per heavy atom. The van der Waals surface area contributed by atoms with Crippen molar-refractivity contribution in [2.75, 3.05) is 39.6 Å². The highest BCUT2D eigenvalue weighted by molar-refractivity contribution is 7.47. The highest BCUT2D eigenvalue weighted by atomic mass is 31.2. The number of carbonyl (C=O) groups is 4. The van der Waals surface area contributed by atoms with Gasteiger partial charge in [-0.25, -0.2) is 9.13 Å². The van der Waals surface area contributed by atoms with Gasteiger partial charge in [-0.15, -0.1) is 0 Å². The first kappa shape index (κ1) is 98.1. The lowest BCUT2D eigenvalue weighted by Gasteiger charge is -2.21. The molecule has 0 spiro atoms. The van der Waals surface area contributed by atoms with E-state index in [1.165, 1.54) is 244 Å². The third kappa shape index (κ3) is 74.3. The van der Waals surface area contributed by atoms with E-state index in [0.717, 1.165) is 102 Å². The number of hydrogen-bond donors (Lipinski definition) is 3. The average Bonchev–Trinajstić information content (AvgIpc) is 1.20. The SMILES string of the molecule is CCCCCCCCCCCCCCCCC(=O)OC[C@H](COP(=O)(O)OC[C@@H](O)COP(=O)(O)OC[C@@H](COC(=O)CCCCCCCCCCCCCC)OC(=O)CCCCCCCCCCCCC(C)C)OC(=O)CCCCCCCCCCCCCCCCCCCCC(C)C. The molecule has 0 aliphatic heterocycles. The Labute approximate surface area is 613 Å². The fourth-order valence-corrected chi connectivity index (χ4v) is 14.1. The monoisotopic (exact) mass is 1470 g/mol. The summed E-state index contributed by atoms with van der Waals surface area (Å²) in [4.78, 5) is 73.0. The summed E-state index contributed by atoms with van der Waals surface area (Å²) in [5, 5.41) is 10.6. The smallest absolute Gasteiger partial charge is 0.462 e. The molecule has 17 nitrogen and oxygen atoms in total. The van der Waals surface area contributed by atoms with Crippen LogP contribution in [-0.4, -0.2) is 96.7 Å². The van der Waals surface area contributed by atoms with Crippen LogP contribution < -0.4 is 0 Å². The predicted octanol–water partition coefficient (Wildman–Crippen LogP) is 24.3. The van der Waals surface area contributed by atoms with E-state index < -0.39 is 97.5 Å². The Kier molecular flexibility index (Phi) is 71.2. The number of carbonyl (C=O) groups excluding carboxylic acids is 4. The van der Waals surface area contributed by atoms with E-state index >= 15 is 0 Å². The molecule has 0 radical (unpaired) electrons. The maximum atomic E-state index is 13.1. The maximum Gasteiger partial charge on any atom is 0.472 e. The molecule has 5 atom stereocenters. The summed E-state index contributed by atoms with van der Waals surface area (Å²) in [6.45, 7) is 9.66. The zero-order chi connectivity index (χ0) is 73.5. The molecule has 19 heteroatoms. The molecular weight excluding hydrogens is 1310 g/mol. The van der Waals surface area contributed by atoms with Gasteiger partial charge in [-0.05, 0) is 37.5 Å². The molecule has 0 saturated carbocycles. The summed E-state index contributed by atoms with van der Waals surface area (Å²) < 4.78 is 68.7. The van der Waals surface area contributed by atoms with Gasteiger partial charge in [-0.1, -0.05) is 375 Å². The van der Waals surface area contributed by atoms with Crippen molar-refractivity contribution >= 4 is 39.5 Å². The van der Waals surface area contributed by atoms with Crippen LogP contribution in [0.25, 0.3) is 0 Å². The molecule has 0 aliphatic carbocycles. The van der Waals surface area contributed by atoms with E-state index in [4.69, 9.17) is 37.0 Å². The second kappa shape index (κ2) is 72.6. The minimum atomic E-state index is -4.96. The molecule has 2 unspecified atom stereocenters. The zero-order valence-corrected chi connectivity index (χ0v) is 67.3. The maximum absolute atomic E-state index is 13.1. The highest BCUT2D eigenvalue weighted by Gasteiger charge is 2.30. The van der Waals surface area contributed by atoms with Gasteiger partial charge in [0.15, 0.2) is 12.2 Å². The second-order valence-corrected chi connectivity index (χ2v) is 33.0. The van der Waals surface area contributed by atoms with E-state index in [1.54, 1.807) is 0 Å². The Bertz CT molecular complexity index is 1920. The molecule has 0 heterocycles. The predicted molar refractivity (Wildman–Crippen MR) is 409 cm³/mol. The molecule has 0 amide bonds. The third-order valence-electron chi connectivity index (χ3n) is 19.0. The topological polar surface area (TPSA) is 237 Å². The number of hydrogen-bond acceptors (Lipinski definition) is 15. The van der Waals surface area contributed by atoms with Crippen molar-refractivity contribution in [3.05, 3.63) is 0 Å². The minimum Gasteiger partial charge on any atom is -0.462 e. The van der Waals surface area contributed by atoms with Gasteiger partial charge in [-0.2, -0.15) is 0 Å². The van der Waals surface area contributed by atoms with E-state index in [9.17, 15) is 43.2 Å². The minimum absolute atomic E-state index is 0.107. The van der Waals surface area contributed by atoms with Crippen LogP contribution in [0.15, 0.2) is 0 Å². The first-order valence-corrected chi connectivity index (χ1v) is 45.0. The highest BCUT2D eigenvalue weighted by Crippen LogP contribution is 2.45. The summed E-state index contributed by atoms with van der Waals surface area (Å²) in [6, 6.07) is 0. The van der Waals surface area contributed by atoms with E-state index in [-0.39, 0.29) is 25.7 Å². The fourth-order valence-electron chi connectivity index (χ4n) is 12.5. The molecule has 0 aromatic carbocycles. The lowest BCUT2D eigenvalue weighted by atomic mass is 10.0. The van der Waals surface area contributed by atoms with Crippen LogP contribution in [0.4, 0.5) is 0 Å². The normalized spacial score (nSPS) is 13.9. The number of phosphoric acid groups is 2. The van der Waals surface area contributed by atoms with Crippen molar-refractivity contribution in [1.29, 1.82) is 0 Å². The van der Waals surface area contributed by atoms with Crippen molar-refractivity contribution < 1.29 is 80.2 Å². The Hall–Kier alpha value is -1.94. The van der Waals surface area contributed by atoms with Crippen molar-refractivity contribution in [3.8, 4) is 0 Å². The molecular formula is C81H158O17P2. The van der Waals surface area contributed by atoms with Gasteiger partial charge in [0.2, 0.25) is 0 Å². The summed E-state index contributed by atoms with van der Waals surface area (Å²) in [6.07, 6.45) is 62.3. The van der Waals surface area contributed by atoms with E-state index in [2.05, 4.69) is 41.5 Å². The van der Waals surface area contributed by atoms with Crippen LogP contribution in [-0.2, 0) is 65.4 Å². The molecule has 0 aliphatic rings.